The van der Waals surface area contributed by atoms with E-state index in [9.17, 15) is 9.59 Å². The molecule has 0 aliphatic carbocycles. The standard InChI is InChI=1S/C19H21N5O4/c1-2-27-17(25)14-8-21-18(22-9-14)23-10-16-6-15(23)11-24(16)19(26)28-12-13-4-3-5-20-7-13/h3-5,7-9,15-16H,2,6,10-12H2,1H3/t15-,16-/m1/s1. The van der Waals surface area contributed by atoms with Gasteiger partial charge in [-0.05, 0) is 19.4 Å². The summed E-state index contributed by atoms with van der Waals surface area (Å²) in [6, 6.07) is 3.89. The van der Waals surface area contributed by atoms with Crippen molar-refractivity contribution in [1.29, 1.82) is 0 Å². The number of amides is 1. The number of carbonyl (C=O) groups excluding carboxylic acids is 2. The van der Waals surface area contributed by atoms with Crippen LogP contribution in [0.25, 0.3) is 0 Å². The second-order valence-corrected chi connectivity index (χ2v) is 6.76. The lowest BCUT2D eigenvalue weighted by molar-refractivity contribution is 0.0525. The largest absolute Gasteiger partial charge is 0.462 e. The predicted octanol–water partition coefficient (Wildman–Crippen LogP) is 1.65. The Balaban J connectivity index is 1.33. The van der Waals surface area contributed by atoms with Crippen LogP contribution in [0.2, 0.25) is 0 Å². The lowest BCUT2D eigenvalue weighted by atomic mass is 10.2. The number of aromatic nitrogens is 3. The summed E-state index contributed by atoms with van der Waals surface area (Å²) in [6.07, 6.45) is 6.86. The van der Waals surface area contributed by atoms with Crippen LogP contribution in [0, 0.1) is 0 Å². The van der Waals surface area contributed by atoms with Gasteiger partial charge in [-0.15, -0.1) is 0 Å². The summed E-state index contributed by atoms with van der Waals surface area (Å²) in [7, 11) is 0. The predicted molar refractivity (Wildman–Crippen MR) is 98.7 cm³/mol. The quantitative estimate of drug-likeness (QED) is 0.719. The van der Waals surface area contributed by atoms with Gasteiger partial charge < -0.3 is 19.3 Å². The smallest absolute Gasteiger partial charge is 0.410 e. The zero-order valence-corrected chi connectivity index (χ0v) is 15.5. The van der Waals surface area contributed by atoms with E-state index in [1.165, 1.54) is 12.4 Å². The molecule has 0 radical (unpaired) electrons. The van der Waals surface area contributed by atoms with E-state index in [4.69, 9.17) is 9.47 Å². The zero-order chi connectivity index (χ0) is 19.5. The molecule has 2 atom stereocenters. The Hall–Kier alpha value is -3.23. The third kappa shape index (κ3) is 3.60. The lowest BCUT2D eigenvalue weighted by Gasteiger charge is -2.33. The molecule has 2 aromatic rings. The fourth-order valence-corrected chi connectivity index (χ4v) is 3.64. The molecule has 2 bridgehead atoms. The summed E-state index contributed by atoms with van der Waals surface area (Å²) in [5.41, 5.74) is 1.19. The normalized spacial score (nSPS) is 20.3. The monoisotopic (exact) mass is 383 g/mol. The van der Waals surface area contributed by atoms with Gasteiger partial charge in [0.05, 0.1) is 24.3 Å². The molecule has 0 unspecified atom stereocenters. The molecule has 2 saturated heterocycles. The van der Waals surface area contributed by atoms with Crippen molar-refractivity contribution < 1.29 is 19.1 Å². The number of esters is 1. The number of likely N-dealkylation sites (tertiary alicyclic amines) is 1. The highest BCUT2D eigenvalue weighted by Crippen LogP contribution is 2.33. The van der Waals surface area contributed by atoms with Gasteiger partial charge in [-0.1, -0.05) is 6.07 Å². The molecular formula is C19H21N5O4. The van der Waals surface area contributed by atoms with E-state index in [2.05, 4.69) is 19.9 Å². The molecule has 0 aromatic carbocycles. The average molecular weight is 383 g/mol. The van der Waals surface area contributed by atoms with Crippen molar-refractivity contribution >= 4 is 18.0 Å². The first kappa shape index (κ1) is 18.1. The topological polar surface area (TPSA) is 97.8 Å². The van der Waals surface area contributed by atoms with Crippen LogP contribution in [-0.2, 0) is 16.1 Å². The first-order valence-electron chi connectivity index (χ1n) is 9.23. The maximum atomic E-state index is 12.4. The molecule has 28 heavy (non-hydrogen) atoms. The number of piperazine rings is 1. The van der Waals surface area contributed by atoms with E-state index in [1.807, 2.05) is 12.1 Å². The highest BCUT2D eigenvalue weighted by Gasteiger charge is 2.46. The molecule has 0 spiro atoms. The van der Waals surface area contributed by atoms with E-state index in [-0.39, 0.29) is 24.8 Å². The van der Waals surface area contributed by atoms with Crippen LogP contribution in [0.4, 0.5) is 10.7 Å². The van der Waals surface area contributed by atoms with E-state index >= 15 is 0 Å². The van der Waals surface area contributed by atoms with Crippen LogP contribution in [0.5, 0.6) is 0 Å². The minimum atomic E-state index is -0.431. The second kappa shape index (κ2) is 7.79. The molecule has 2 aliphatic rings. The molecular weight excluding hydrogens is 362 g/mol. The van der Waals surface area contributed by atoms with E-state index in [1.54, 1.807) is 24.2 Å². The highest BCUT2D eigenvalue weighted by molar-refractivity contribution is 5.88. The Morgan fingerprint density at radius 3 is 2.61 bits per heavy atom. The van der Waals surface area contributed by atoms with Gasteiger partial charge in [-0.25, -0.2) is 19.6 Å². The van der Waals surface area contributed by atoms with Crippen molar-refractivity contribution in [2.75, 3.05) is 24.6 Å². The molecule has 2 aliphatic heterocycles. The minimum Gasteiger partial charge on any atom is -0.462 e. The second-order valence-electron chi connectivity index (χ2n) is 6.76. The summed E-state index contributed by atoms with van der Waals surface area (Å²) in [5.74, 6) is 0.128. The summed E-state index contributed by atoms with van der Waals surface area (Å²) >= 11 is 0. The third-order valence-electron chi connectivity index (χ3n) is 4.97. The van der Waals surface area contributed by atoms with Gasteiger partial charge in [0.2, 0.25) is 5.95 Å². The van der Waals surface area contributed by atoms with Crippen LogP contribution in [0.15, 0.2) is 36.9 Å². The van der Waals surface area contributed by atoms with Crippen molar-refractivity contribution in [1.82, 2.24) is 19.9 Å². The SMILES string of the molecule is CCOC(=O)c1cnc(N2C[C@H]3C[C@@H]2CN3C(=O)OCc2cccnc2)nc1. The molecule has 2 aromatic heterocycles. The molecule has 9 nitrogen and oxygen atoms in total. The van der Waals surface area contributed by atoms with E-state index in [0.717, 1.165) is 12.0 Å². The van der Waals surface area contributed by atoms with Crippen molar-refractivity contribution in [3.63, 3.8) is 0 Å². The Morgan fingerprint density at radius 1 is 1.14 bits per heavy atom. The van der Waals surface area contributed by atoms with Gasteiger partial charge in [-0.3, -0.25) is 4.98 Å². The van der Waals surface area contributed by atoms with Crippen LogP contribution in [0.1, 0.15) is 29.3 Å². The van der Waals surface area contributed by atoms with Crippen molar-refractivity contribution in [2.24, 2.45) is 0 Å². The number of rotatable bonds is 5. The number of pyridine rings is 1. The highest BCUT2D eigenvalue weighted by atomic mass is 16.6. The number of fused-ring (bicyclic) bond motifs is 2. The molecule has 9 heteroatoms. The lowest BCUT2D eigenvalue weighted by Crippen LogP contribution is -2.49. The Labute approximate surface area is 162 Å². The third-order valence-corrected chi connectivity index (χ3v) is 4.97. The molecule has 4 rings (SSSR count). The van der Waals surface area contributed by atoms with Crippen molar-refractivity contribution in [2.45, 2.75) is 32.0 Å². The number of nitrogens with zero attached hydrogens (tertiary/aromatic N) is 5. The summed E-state index contributed by atoms with van der Waals surface area (Å²) in [6.45, 7) is 3.48. The maximum absolute atomic E-state index is 12.4. The molecule has 146 valence electrons. The molecule has 4 heterocycles. The van der Waals surface area contributed by atoms with Crippen LogP contribution >= 0.6 is 0 Å². The van der Waals surface area contributed by atoms with E-state index < -0.39 is 5.97 Å². The number of ether oxygens (including phenoxy) is 2. The first-order chi connectivity index (χ1) is 13.7. The average Bonchev–Trinajstić information content (AvgIpc) is 3.34. The van der Waals surface area contributed by atoms with E-state index in [0.29, 0.717) is 31.2 Å². The van der Waals surface area contributed by atoms with Gasteiger partial charge in [0.25, 0.3) is 0 Å². The molecule has 0 N–H and O–H groups in total. The van der Waals surface area contributed by atoms with Crippen LogP contribution in [0.3, 0.4) is 0 Å². The number of hydrogen-bond donors (Lipinski definition) is 0. The Morgan fingerprint density at radius 2 is 1.96 bits per heavy atom. The van der Waals surface area contributed by atoms with Crippen LogP contribution < -0.4 is 4.90 Å². The fourth-order valence-electron chi connectivity index (χ4n) is 3.64. The molecule has 0 saturated carbocycles. The Kier molecular flexibility index (Phi) is 5.05. The van der Waals surface area contributed by atoms with Crippen molar-refractivity contribution in [3.8, 4) is 0 Å². The first-order valence-corrected chi connectivity index (χ1v) is 9.23. The van der Waals surface area contributed by atoms with Gasteiger partial charge in [-0.2, -0.15) is 0 Å². The van der Waals surface area contributed by atoms with Crippen molar-refractivity contribution in [3.05, 3.63) is 48.0 Å². The number of hydrogen-bond acceptors (Lipinski definition) is 8. The minimum absolute atomic E-state index is 0.0692. The fraction of sp³-hybridized carbons (Fsp3) is 0.421. The van der Waals surface area contributed by atoms with Crippen LogP contribution in [-0.4, -0.2) is 63.7 Å². The Bertz CT molecular complexity index is 845. The van der Waals surface area contributed by atoms with Gasteiger partial charge >= 0.3 is 12.1 Å². The maximum Gasteiger partial charge on any atom is 0.410 e. The zero-order valence-electron chi connectivity index (χ0n) is 15.5. The van der Waals surface area contributed by atoms with Gasteiger partial charge in [0, 0.05) is 43.4 Å². The summed E-state index contributed by atoms with van der Waals surface area (Å²) in [5, 5.41) is 0. The summed E-state index contributed by atoms with van der Waals surface area (Å²) in [4.78, 5) is 40.6. The number of carbonyl (C=O) groups is 2. The van der Waals surface area contributed by atoms with Gasteiger partial charge in [0.15, 0.2) is 0 Å². The number of anilines is 1. The molecule has 1 amide bonds. The summed E-state index contributed by atoms with van der Waals surface area (Å²) < 4.78 is 10.4. The molecule has 2 fully saturated rings. The van der Waals surface area contributed by atoms with Gasteiger partial charge in [0.1, 0.15) is 6.61 Å².